The fraction of sp³-hybridized carbons (Fsp3) is 0.857. The molecular weight excluding hydrogens is 240 g/mol. The van der Waals surface area contributed by atoms with E-state index in [-0.39, 0.29) is 5.60 Å². The van der Waals surface area contributed by atoms with Gasteiger partial charge in [-0.1, -0.05) is 26.0 Å². The zero-order valence-electron chi connectivity index (χ0n) is 12.9. The number of aromatic nitrogens is 3. The van der Waals surface area contributed by atoms with Crippen LogP contribution in [0, 0.1) is 5.92 Å². The van der Waals surface area contributed by atoms with Gasteiger partial charge in [0.05, 0.1) is 24.4 Å². The van der Waals surface area contributed by atoms with E-state index in [2.05, 4.69) is 50.2 Å². The zero-order chi connectivity index (χ0) is 14.3. The summed E-state index contributed by atoms with van der Waals surface area (Å²) in [5.74, 6) is 0.653. The Bertz CT molecular complexity index is 360. The quantitative estimate of drug-likeness (QED) is 0.746. The predicted molar refractivity (Wildman–Crippen MR) is 76.9 cm³/mol. The third kappa shape index (κ3) is 6.68. The maximum absolute atomic E-state index is 5.80. The van der Waals surface area contributed by atoms with E-state index in [9.17, 15) is 0 Å². The van der Waals surface area contributed by atoms with Crippen LogP contribution >= 0.6 is 0 Å². The van der Waals surface area contributed by atoms with Crippen molar-refractivity contribution in [1.29, 1.82) is 0 Å². The Balaban J connectivity index is 2.27. The van der Waals surface area contributed by atoms with Gasteiger partial charge in [-0.15, -0.1) is 5.10 Å². The molecule has 0 saturated carbocycles. The second-order valence-corrected chi connectivity index (χ2v) is 5.96. The highest BCUT2D eigenvalue weighted by atomic mass is 16.5. The van der Waals surface area contributed by atoms with E-state index in [1.54, 1.807) is 0 Å². The first-order valence-electron chi connectivity index (χ1n) is 7.16. The van der Waals surface area contributed by atoms with Crippen molar-refractivity contribution in [3.05, 3.63) is 11.9 Å². The molecule has 0 aromatic carbocycles. The van der Waals surface area contributed by atoms with E-state index in [0.717, 1.165) is 31.7 Å². The predicted octanol–water partition coefficient (Wildman–Crippen LogP) is 2.23. The first-order valence-corrected chi connectivity index (χ1v) is 7.16. The summed E-state index contributed by atoms with van der Waals surface area (Å²) in [6, 6.07) is 0. The Morgan fingerprint density at radius 2 is 2.16 bits per heavy atom. The first-order chi connectivity index (χ1) is 8.93. The molecule has 110 valence electrons. The summed E-state index contributed by atoms with van der Waals surface area (Å²) >= 11 is 0. The Labute approximate surface area is 116 Å². The van der Waals surface area contributed by atoms with Gasteiger partial charge in [0.2, 0.25) is 0 Å². The van der Waals surface area contributed by atoms with Gasteiger partial charge in [0.1, 0.15) is 0 Å². The lowest BCUT2D eigenvalue weighted by atomic mass is 10.1. The molecule has 1 heterocycles. The molecule has 0 spiro atoms. The molecule has 0 aliphatic rings. The van der Waals surface area contributed by atoms with Crippen molar-refractivity contribution in [2.75, 3.05) is 13.2 Å². The molecule has 1 rings (SSSR count). The molecular formula is C14H28N4O. The van der Waals surface area contributed by atoms with E-state index in [1.807, 2.05) is 10.9 Å². The van der Waals surface area contributed by atoms with Crippen molar-refractivity contribution in [3.63, 3.8) is 0 Å². The molecule has 5 nitrogen and oxygen atoms in total. The summed E-state index contributed by atoms with van der Waals surface area (Å²) in [6.07, 6.45) is 2.99. The van der Waals surface area contributed by atoms with Crippen LogP contribution in [0.5, 0.6) is 0 Å². The summed E-state index contributed by atoms with van der Waals surface area (Å²) in [4.78, 5) is 0. The van der Waals surface area contributed by atoms with Crippen LogP contribution in [-0.2, 0) is 17.8 Å². The number of nitrogens with one attached hydrogen (secondary N) is 1. The van der Waals surface area contributed by atoms with Crippen LogP contribution < -0.4 is 5.32 Å². The van der Waals surface area contributed by atoms with Crippen LogP contribution in [0.1, 0.15) is 46.7 Å². The van der Waals surface area contributed by atoms with E-state index in [0.29, 0.717) is 12.5 Å². The van der Waals surface area contributed by atoms with Gasteiger partial charge in [0, 0.05) is 12.7 Å². The Morgan fingerprint density at radius 3 is 2.79 bits per heavy atom. The molecule has 1 aromatic heterocycles. The normalized spacial score (nSPS) is 12.3. The molecule has 0 aliphatic heterocycles. The van der Waals surface area contributed by atoms with Crippen LogP contribution in [0.2, 0.25) is 0 Å². The Hall–Kier alpha value is -0.940. The van der Waals surface area contributed by atoms with E-state index < -0.39 is 0 Å². The van der Waals surface area contributed by atoms with Gasteiger partial charge in [0.15, 0.2) is 0 Å². The number of rotatable bonds is 9. The lowest BCUT2D eigenvalue weighted by Crippen LogP contribution is -2.25. The molecule has 1 N–H and O–H groups in total. The van der Waals surface area contributed by atoms with E-state index in [1.165, 1.54) is 0 Å². The van der Waals surface area contributed by atoms with Gasteiger partial charge in [-0.25, -0.2) is 4.68 Å². The van der Waals surface area contributed by atoms with Gasteiger partial charge < -0.3 is 10.1 Å². The van der Waals surface area contributed by atoms with Crippen molar-refractivity contribution in [3.8, 4) is 0 Å². The monoisotopic (exact) mass is 268 g/mol. The molecule has 0 fully saturated rings. The van der Waals surface area contributed by atoms with Crippen molar-refractivity contribution in [1.82, 2.24) is 20.3 Å². The number of ether oxygens (including phenoxy) is 1. The average Bonchev–Trinajstić information content (AvgIpc) is 2.76. The van der Waals surface area contributed by atoms with Crippen LogP contribution in [0.15, 0.2) is 6.20 Å². The molecule has 5 heteroatoms. The highest BCUT2D eigenvalue weighted by Gasteiger charge is 2.14. The first kappa shape index (κ1) is 16.1. The fourth-order valence-corrected chi connectivity index (χ4v) is 1.54. The largest absolute Gasteiger partial charge is 0.374 e. The molecule has 1 aromatic rings. The molecule has 0 amide bonds. The standard InChI is InChI=1S/C14H28N4O/c1-6-14(4,5)19-8-7-18-11-13(16-17-18)10-15-9-12(2)3/h11-12,15H,6-10H2,1-5H3. The summed E-state index contributed by atoms with van der Waals surface area (Å²) < 4.78 is 7.65. The van der Waals surface area contributed by atoms with Crippen LogP contribution in [-0.4, -0.2) is 33.7 Å². The third-order valence-electron chi connectivity index (χ3n) is 3.11. The minimum atomic E-state index is -0.0533. The number of hydrogen-bond acceptors (Lipinski definition) is 4. The van der Waals surface area contributed by atoms with Gasteiger partial charge >= 0.3 is 0 Å². The van der Waals surface area contributed by atoms with Crippen LogP contribution in [0.3, 0.4) is 0 Å². The minimum Gasteiger partial charge on any atom is -0.374 e. The third-order valence-corrected chi connectivity index (χ3v) is 3.11. The van der Waals surface area contributed by atoms with Crippen molar-refractivity contribution < 1.29 is 4.74 Å². The summed E-state index contributed by atoms with van der Waals surface area (Å²) in [5.41, 5.74) is 0.929. The topological polar surface area (TPSA) is 52.0 Å². The highest BCUT2D eigenvalue weighted by Crippen LogP contribution is 2.12. The highest BCUT2D eigenvalue weighted by molar-refractivity contribution is 4.91. The van der Waals surface area contributed by atoms with Crippen LogP contribution in [0.4, 0.5) is 0 Å². The number of nitrogens with zero attached hydrogens (tertiary/aromatic N) is 3. The molecule has 0 bridgehead atoms. The second kappa shape index (κ2) is 7.60. The lowest BCUT2D eigenvalue weighted by molar-refractivity contribution is -0.0246. The second-order valence-electron chi connectivity index (χ2n) is 5.96. The molecule has 0 saturated heterocycles. The molecule has 0 aliphatic carbocycles. The Kier molecular flexibility index (Phi) is 6.45. The van der Waals surface area contributed by atoms with Gasteiger partial charge in [-0.2, -0.15) is 0 Å². The Morgan fingerprint density at radius 1 is 1.42 bits per heavy atom. The van der Waals surface area contributed by atoms with Crippen molar-refractivity contribution in [2.45, 2.75) is 59.7 Å². The summed E-state index contributed by atoms with van der Waals surface area (Å²) in [6.45, 7) is 13.9. The van der Waals surface area contributed by atoms with Gasteiger partial charge in [-0.05, 0) is 32.7 Å². The maximum atomic E-state index is 5.80. The fourth-order valence-electron chi connectivity index (χ4n) is 1.54. The molecule has 0 radical (unpaired) electrons. The van der Waals surface area contributed by atoms with Crippen molar-refractivity contribution in [2.24, 2.45) is 5.92 Å². The van der Waals surface area contributed by atoms with Crippen molar-refractivity contribution >= 4 is 0 Å². The maximum Gasteiger partial charge on any atom is 0.0964 e. The lowest BCUT2D eigenvalue weighted by Gasteiger charge is -2.23. The van der Waals surface area contributed by atoms with Gasteiger partial charge in [-0.3, -0.25) is 0 Å². The van der Waals surface area contributed by atoms with Crippen LogP contribution in [0.25, 0.3) is 0 Å². The minimum absolute atomic E-state index is 0.0533. The molecule has 0 unspecified atom stereocenters. The zero-order valence-corrected chi connectivity index (χ0v) is 12.9. The summed E-state index contributed by atoms with van der Waals surface area (Å²) in [7, 11) is 0. The van der Waals surface area contributed by atoms with E-state index in [4.69, 9.17) is 4.74 Å². The smallest absolute Gasteiger partial charge is 0.0964 e. The average molecular weight is 268 g/mol. The molecule has 19 heavy (non-hydrogen) atoms. The molecule has 0 atom stereocenters. The van der Waals surface area contributed by atoms with Gasteiger partial charge in [0.25, 0.3) is 0 Å². The SMILES string of the molecule is CCC(C)(C)OCCn1cc(CNCC(C)C)nn1. The summed E-state index contributed by atoms with van der Waals surface area (Å²) in [5, 5.41) is 11.6. The van der Waals surface area contributed by atoms with E-state index >= 15 is 0 Å². The number of hydrogen-bond donors (Lipinski definition) is 1.